The average molecular weight is 119 g/mol. The van der Waals surface area contributed by atoms with Gasteiger partial charge in [-0.05, 0) is 6.92 Å². The fourth-order valence-corrected chi connectivity index (χ4v) is 0.233. The van der Waals surface area contributed by atoms with Gasteiger partial charge in [-0.25, -0.2) is 4.99 Å². The number of aliphatic imine (C=N–C) groups is 1. The van der Waals surface area contributed by atoms with Crippen molar-refractivity contribution in [2.24, 2.45) is 4.99 Å². The highest BCUT2D eigenvalue weighted by molar-refractivity contribution is 5.68. The van der Waals surface area contributed by atoms with Gasteiger partial charge in [-0.2, -0.15) is 10.5 Å². The molecule has 0 radical (unpaired) electrons. The number of allylic oxidation sites excluding steroid dienone is 1. The predicted molar refractivity (Wildman–Crippen MR) is 32.7 cm³/mol. The number of nitriles is 2. The van der Waals surface area contributed by atoms with E-state index in [2.05, 4.69) is 10.9 Å². The molecule has 0 aromatic carbocycles. The summed E-state index contributed by atoms with van der Waals surface area (Å²) in [5.41, 5.74) is -0.0724. The van der Waals surface area contributed by atoms with E-state index < -0.39 is 0 Å². The maximum Gasteiger partial charge on any atom is 0.190 e. The Morgan fingerprint density at radius 2 is 2.00 bits per heavy atom. The fourth-order valence-electron chi connectivity index (χ4n) is 0.233. The first-order valence-corrected chi connectivity index (χ1v) is 2.44. The molecule has 0 N–H and O–H groups in total. The number of nitrogens with zero attached hydrogens (tertiary/aromatic N) is 3. The van der Waals surface area contributed by atoms with Gasteiger partial charge in [-0.3, -0.25) is 0 Å². The first kappa shape index (κ1) is 7.43. The molecule has 0 aliphatic carbocycles. The first-order valence-electron chi connectivity index (χ1n) is 2.44. The van der Waals surface area contributed by atoms with Gasteiger partial charge in [0.05, 0.1) is 0 Å². The molecule has 0 atom stereocenters. The van der Waals surface area contributed by atoms with Gasteiger partial charge >= 0.3 is 0 Å². The Labute approximate surface area is 53.6 Å². The van der Waals surface area contributed by atoms with Crippen molar-refractivity contribution < 1.29 is 0 Å². The molecule has 3 heteroatoms. The summed E-state index contributed by atoms with van der Waals surface area (Å²) in [5, 5.41) is 16.2. The van der Waals surface area contributed by atoms with Crippen LogP contribution >= 0.6 is 0 Å². The topological polar surface area (TPSA) is 59.9 Å². The molecule has 44 valence electrons. The number of rotatable bonds is 1. The molecule has 0 bridgehead atoms. The molecule has 0 aromatic rings. The van der Waals surface area contributed by atoms with E-state index in [0.717, 1.165) is 0 Å². The molecule has 0 amide bonds. The molecule has 0 aromatic heterocycles. The van der Waals surface area contributed by atoms with Crippen LogP contribution in [0, 0.1) is 22.7 Å². The van der Waals surface area contributed by atoms with Gasteiger partial charge < -0.3 is 0 Å². The lowest BCUT2D eigenvalue weighted by Gasteiger charge is -1.69. The zero-order valence-electron chi connectivity index (χ0n) is 5.05. The molecule has 0 rings (SSSR count). The van der Waals surface area contributed by atoms with Crippen molar-refractivity contribution in [1.29, 1.82) is 10.5 Å². The van der Waals surface area contributed by atoms with E-state index >= 15 is 0 Å². The quantitative estimate of drug-likeness (QED) is 0.376. The lowest BCUT2D eigenvalue weighted by atomic mass is 10.4. The van der Waals surface area contributed by atoms with Crippen molar-refractivity contribution in [3.05, 3.63) is 5.57 Å². The Morgan fingerprint density at radius 3 is 2.33 bits per heavy atom. The second-order valence-corrected chi connectivity index (χ2v) is 1.18. The van der Waals surface area contributed by atoms with Crippen molar-refractivity contribution in [3.8, 4) is 12.1 Å². The van der Waals surface area contributed by atoms with E-state index in [1.54, 1.807) is 19.1 Å². The van der Waals surface area contributed by atoms with Crippen LogP contribution in [0.4, 0.5) is 0 Å². The first-order chi connectivity index (χ1) is 4.35. The van der Waals surface area contributed by atoms with E-state index in [1.807, 2.05) is 0 Å². The monoisotopic (exact) mass is 119 g/mol. The van der Waals surface area contributed by atoms with E-state index in [-0.39, 0.29) is 5.57 Å². The Balaban J connectivity index is 4.35. The lowest BCUT2D eigenvalue weighted by molar-refractivity contribution is 1.14. The summed E-state index contributed by atoms with van der Waals surface area (Å²) < 4.78 is 0. The van der Waals surface area contributed by atoms with Crippen LogP contribution in [-0.2, 0) is 0 Å². The predicted octanol–water partition coefficient (Wildman–Crippen LogP) is 0.650. The van der Waals surface area contributed by atoms with Crippen LogP contribution in [0.3, 0.4) is 0 Å². The van der Waals surface area contributed by atoms with Crippen molar-refractivity contribution >= 4 is 5.87 Å². The van der Waals surface area contributed by atoms with Crippen LogP contribution < -0.4 is 0 Å². The van der Waals surface area contributed by atoms with E-state index in [1.165, 1.54) is 0 Å². The Bertz CT molecular complexity index is 204. The van der Waals surface area contributed by atoms with E-state index in [0.29, 0.717) is 6.54 Å². The summed E-state index contributed by atoms with van der Waals surface area (Å²) in [6, 6.07) is 3.27. The number of hydrogen-bond donors (Lipinski definition) is 0. The summed E-state index contributed by atoms with van der Waals surface area (Å²) in [5.74, 6) is 2.29. The minimum Gasteiger partial charge on any atom is -0.241 e. The molecule has 0 saturated carbocycles. The average Bonchev–Trinajstić information content (AvgIpc) is 1.91. The molecule has 0 fully saturated rings. The van der Waals surface area contributed by atoms with Crippen molar-refractivity contribution in [2.45, 2.75) is 6.92 Å². The van der Waals surface area contributed by atoms with Gasteiger partial charge in [0.2, 0.25) is 0 Å². The van der Waals surface area contributed by atoms with Crippen LogP contribution in [0.1, 0.15) is 6.92 Å². The molecule has 0 spiro atoms. The summed E-state index contributed by atoms with van der Waals surface area (Å²) in [6.45, 7) is 2.35. The maximum atomic E-state index is 8.12. The molecular formula is C6H5N3. The van der Waals surface area contributed by atoms with Gasteiger partial charge in [0, 0.05) is 12.4 Å². The fraction of sp³-hybridized carbons (Fsp3) is 0.333. The summed E-state index contributed by atoms with van der Waals surface area (Å²) >= 11 is 0. The van der Waals surface area contributed by atoms with Crippen molar-refractivity contribution in [3.63, 3.8) is 0 Å². The molecule has 0 heterocycles. The van der Waals surface area contributed by atoms with Gasteiger partial charge in [0.25, 0.3) is 0 Å². The van der Waals surface area contributed by atoms with Crippen molar-refractivity contribution in [1.82, 2.24) is 0 Å². The molecule has 0 unspecified atom stereocenters. The zero-order chi connectivity index (χ0) is 7.11. The third kappa shape index (κ3) is 3.05. The standard InChI is InChI=1S/C6H5N3/c1-2-9-5-6(3-7)4-8/h2H2,1H3. The summed E-state index contributed by atoms with van der Waals surface area (Å²) in [4.78, 5) is 3.58. The van der Waals surface area contributed by atoms with Crippen LogP contribution in [0.5, 0.6) is 0 Å². The normalized spacial score (nSPS) is 6.11. The second-order valence-electron chi connectivity index (χ2n) is 1.18. The Kier molecular flexibility index (Phi) is 3.79. The molecule has 0 saturated heterocycles. The molecule has 0 aliphatic rings. The molecule has 0 aliphatic heterocycles. The molecular weight excluding hydrogens is 114 g/mol. The lowest BCUT2D eigenvalue weighted by Crippen LogP contribution is -1.72. The van der Waals surface area contributed by atoms with Gasteiger partial charge in [0.15, 0.2) is 5.57 Å². The van der Waals surface area contributed by atoms with Gasteiger partial charge in [0.1, 0.15) is 12.1 Å². The van der Waals surface area contributed by atoms with Crippen LogP contribution in [-0.4, -0.2) is 12.4 Å². The summed E-state index contributed by atoms with van der Waals surface area (Å²) in [6.07, 6.45) is 0. The van der Waals surface area contributed by atoms with Gasteiger partial charge in [-0.15, -0.1) is 0 Å². The maximum absolute atomic E-state index is 8.12. The smallest absolute Gasteiger partial charge is 0.190 e. The largest absolute Gasteiger partial charge is 0.241 e. The highest BCUT2D eigenvalue weighted by Gasteiger charge is 1.84. The van der Waals surface area contributed by atoms with Crippen LogP contribution in [0.15, 0.2) is 10.6 Å². The van der Waals surface area contributed by atoms with Gasteiger partial charge in [-0.1, -0.05) is 0 Å². The molecule has 9 heavy (non-hydrogen) atoms. The Morgan fingerprint density at radius 1 is 1.44 bits per heavy atom. The highest BCUT2D eigenvalue weighted by atomic mass is 14.7. The Hall–Kier alpha value is -1.57. The second kappa shape index (κ2) is 4.59. The van der Waals surface area contributed by atoms with Crippen LogP contribution in [0.2, 0.25) is 0 Å². The SMILES string of the molecule is CCN=C=C(C#N)C#N. The zero-order valence-corrected chi connectivity index (χ0v) is 5.05. The summed E-state index contributed by atoms with van der Waals surface area (Å²) in [7, 11) is 0. The van der Waals surface area contributed by atoms with E-state index in [4.69, 9.17) is 10.5 Å². The number of hydrogen-bond acceptors (Lipinski definition) is 3. The minimum atomic E-state index is -0.0724. The minimum absolute atomic E-state index is 0.0724. The van der Waals surface area contributed by atoms with E-state index in [9.17, 15) is 0 Å². The van der Waals surface area contributed by atoms with Crippen molar-refractivity contribution in [2.75, 3.05) is 6.54 Å². The third-order valence-corrected chi connectivity index (χ3v) is 0.573. The third-order valence-electron chi connectivity index (χ3n) is 0.573. The highest BCUT2D eigenvalue weighted by Crippen LogP contribution is 1.77. The molecule has 3 nitrogen and oxygen atoms in total. The van der Waals surface area contributed by atoms with Crippen LogP contribution in [0.25, 0.3) is 0 Å².